The number of thioether (sulfide) groups is 1. The largest absolute Gasteiger partial charge is 0.506 e. The van der Waals surface area contributed by atoms with E-state index >= 15 is 0 Å². The predicted octanol–water partition coefficient (Wildman–Crippen LogP) is 2.72. The van der Waals surface area contributed by atoms with Gasteiger partial charge in [-0.15, -0.1) is 10.2 Å². The number of aromatic nitrogens is 2. The number of nitrogens with zero attached hydrogens (tertiary/aromatic N) is 2. The average molecular weight is 314 g/mol. The van der Waals surface area contributed by atoms with Gasteiger partial charge in [0.1, 0.15) is 5.75 Å². The molecule has 1 aromatic carbocycles. The molecule has 8 heteroatoms. The highest BCUT2D eigenvalue weighted by Gasteiger charge is 2.11. The number of rotatable bonds is 5. The number of halogens is 1. The first-order chi connectivity index (χ1) is 9.58. The van der Waals surface area contributed by atoms with E-state index in [0.29, 0.717) is 22.6 Å². The molecule has 0 aliphatic heterocycles. The third kappa shape index (κ3) is 3.88. The monoisotopic (exact) mass is 313 g/mol. The minimum absolute atomic E-state index is 0.0428. The number of nitrogens with one attached hydrogen (secondary N) is 1. The Morgan fingerprint density at radius 3 is 3.00 bits per heavy atom. The van der Waals surface area contributed by atoms with Crippen LogP contribution in [0.15, 0.2) is 27.8 Å². The number of aromatic hydroxyl groups is 1. The normalized spacial score (nSPS) is 10.5. The number of aryl methyl sites for hydroxylation is 1. The van der Waals surface area contributed by atoms with Crippen LogP contribution < -0.4 is 5.32 Å². The smallest absolute Gasteiger partial charge is 0.277 e. The minimum Gasteiger partial charge on any atom is -0.506 e. The Bertz CT molecular complexity index is 618. The molecule has 0 radical (unpaired) electrons. The van der Waals surface area contributed by atoms with Gasteiger partial charge in [0.25, 0.3) is 5.22 Å². The van der Waals surface area contributed by atoms with Gasteiger partial charge < -0.3 is 14.8 Å². The van der Waals surface area contributed by atoms with Crippen LogP contribution in [0.5, 0.6) is 5.75 Å². The molecular formula is C12H12ClN3O3S. The molecular weight excluding hydrogens is 302 g/mol. The second kappa shape index (κ2) is 6.62. The van der Waals surface area contributed by atoms with Crippen molar-refractivity contribution in [2.24, 2.45) is 0 Å². The van der Waals surface area contributed by atoms with Crippen molar-refractivity contribution < 1.29 is 14.3 Å². The SMILES string of the molecule is CCc1nnc(SCC(=O)Nc2cc(Cl)ccc2O)o1. The molecule has 6 nitrogen and oxygen atoms in total. The predicted molar refractivity (Wildman–Crippen MR) is 76.1 cm³/mol. The van der Waals surface area contributed by atoms with Gasteiger partial charge in [0.15, 0.2) is 0 Å². The topological polar surface area (TPSA) is 88.2 Å². The summed E-state index contributed by atoms with van der Waals surface area (Å²) in [5, 5.41) is 20.5. The maximum absolute atomic E-state index is 11.7. The lowest BCUT2D eigenvalue weighted by Crippen LogP contribution is -2.14. The van der Waals surface area contributed by atoms with Crippen LogP contribution in [0.3, 0.4) is 0 Å². The minimum atomic E-state index is -0.302. The van der Waals surface area contributed by atoms with Crippen molar-refractivity contribution in [3.05, 3.63) is 29.1 Å². The number of amides is 1. The maximum Gasteiger partial charge on any atom is 0.277 e. The molecule has 0 aliphatic rings. The van der Waals surface area contributed by atoms with Crippen LogP contribution in [0.4, 0.5) is 5.69 Å². The highest BCUT2D eigenvalue weighted by Crippen LogP contribution is 2.27. The zero-order chi connectivity index (χ0) is 14.5. The van der Waals surface area contributed by atoms with Gasteiger partial charge in [0.05, 0.1) is 11.4 Å². The summed E-state index contributed by atoms with van der Waals surface area (Å²) in [7, 11) is 0. The summed E-state index contributed by atoms with van der Waals surface area (Å²) in [6.07, 6.45) is 0.649. The van der Waals surface area contributed by atoms with Gasteiger partial charge in [0.2, 0.25) is 11.8 Å². The van der Waals surface area contributed by atoms with Crippen molar-refractivity contribution in [3.63, 3.8) is 0 Å². The zero-order valence-corrected chi connectivity index (χ0v) is 12.2. The number of carbonyl (C=O) groups excluding carboxylic acids is 1. The van der Waals surface area contributed by atoms with Crippen LogP contribution >= 0.6 is 23.4 Å². The Hall–Kier alpha value is -1.73. The van der Waals surface area contributed by atoms with Gasteiger partial charge in [-0.3, -0.25) is 4.79 Å². The number of hydrogen-bond acceptors (Lipinski definition) is 6. The second-order valence-corrected chi connectivity index (χ2v) is 5.18. The number of anilines is 1. The highest BCUT2D eigenvalue weighted by atomic mass is 35.5. The summed E-state index contributed by atoms with van der Waals surface area (Å²) in [5.74, 6) is 0.278. The molecule has 0 unspecified atom stereocenters. The lowest BCUT2D eigenvalue weighted by molar-refractivity contribution is -0.113. The number of hydrogen-bond donors (Lipinski definition) is 2. The standard InChI is InChI=1S/C12H12ClN3O3S/c1-2-11-15-16-12(19-11)20-6-10(18)14-8-5-7(13)3-4-9(8)17/h3-5,17H,2,6H2,1H3,(H,14,18). The van der Waals surface area contributed by atoms with Gasteiger partial charge in [-0.1, -0.05) is 30.3 Å². The highest BCUT2D eigenvalue weighted by molar-refractivity contribution is 7.99. The van der Waals surface area contributed by atoms with Crippen LogP contribution in [0.1, 0.15) is 12.8 Å². The molecule has 0 spiro atoms. The quantitative estimate of drug-likeness (QED) is 0.652. The van der Waals surface area contributed by atoms with E-state index in [2.05, 4.69) is 15.5 Å². The first-order valence-electron chi connectivity index (χ1n) is 5.82. The molecule has 0 saturated carbocycles. The van der Waals surface area contributed by atoms with Gasteiger partial charge in [-0.05, 0) is 18.2 Å². The molecule has 1 amide bonds. The zero-order valence-electron chi connectivity index (χ0n) is 10.6. The first-order valence-corrected chi connectivity index (χ1v) is 7.18. The summed E-state index contributed by atoms with van der Waals surface area (Å²) in [4.78, 5) is 11.7. The molecule has 106 valence electrons. The lowest BCUT2D eigenvalue weighted by atomic mass is 10.3. The lowest BCUT2D eigenvalue weighted by Gasteiger charge is -2.06. The van der Waals surface area contributed by atoms with E-state index in [-0.39, 0.29) is 23.1 Å². The first kappa shape index (κ1) is 14.7. The van der Waals surface area contributed by atoms with Crippen LogP contribution in [0, 0.1) is 0 Å². The van der Waals surface area contributed by atoms with E-state index in [4.69, 9.17) is 16.0 Å². The molecule has 0 saturated heterocycles. The summed E-state index contributed by atoms with van der Waals surface area (Å²) >= 11 is 6.92. The van der Waals surface area contributed by atoms with Crippen LogP contribution in [0.25, 0.3) is 0 Å². The van der Waals surface area contributed by atoms with E-state index in [1.54, 1.807) is 0 Å². The Kier molecular flexibility index (Phi) is 4.86. The second-order valence-electron chi connectivity index (χ2n) is 3.81. The fraction of sp³-hybridized carbons (Fsp3) is 0.250. The van der Waals surface area contributed by atoms with E-state index in [1.807, 2.05) is 6.92 Å². The van der Waals surface area contributed by atoms with Gasteiger partial charge >= 0.3 is 0 Å². The Balaban J connectivity index is 1.90. The summed E-state index contributed by atoms with van der Waals surface area (Å²) in [6.45, 7) is 1.90. The molecule has 2 aromatic rings. The van der Waals surface area contributed by atoms with Gasteiger partial charge in [-0.25, -0.2) is 0 Å². The molecule has 2 N–H and O–H groups in total. The molecule has 0 bridgehead atoms. The van der Waals surface area contributed by atoms with Crippen molar-refractivity contribution in [2.75, 3.05) is 11.1 Å². The Morgan fingerprint density at radius 1 is 1.50 bits per heavy atom. The van der Waals surface area contributed by atoms with E-state index < -0.39 is 0 Å². The van der Waals surface area contributed by atoms with Crippen LogP contribution in [-0.4, -0.2) is 27.0 Å². The molecule has 2 rings (SSSR count). The Morgan fingerprint density at radius 2 is 2.30 bits per heavy atom. The van der Waals surface area contributed by atoms with Crippen molar-refractivity contribution in [3.8, 4) is 5.75 Å². The van der Waals surface area contributed by atoms with Crippen molar-refractivity contribution in [1.82, 2.24) is 10.2 Å². The molecule has 0 fully saturated rings. The van der Waals surface area contributed by atoms with E-state index in [9.17, 15) is 9.90 Å². The average Bonchev–Trinajstić information content (AvgIpc) is 2.89. The van der Waals surface area contributed by atoms with Crippen LogP contribution in [0.2, 0.25) is 5.02 Å². The summed E-state index contributed by atoms with van der Waals surface area (Å²) in [6, 6.07) is 4.42. The van der Waals surface area contributed by atoms with E-state index in [0.717, 1.165) is 11.8 Å². The van der Waals surface area contributed by atoms with Crippen molar-refractivity contribution in [2.45, 2.75) is 18.6 Å². The number of benzene rings is 1. The Labute approximate surface area is 124 Å². The number of phenols is 1. The molecule has 1 heterocycles. The van der Waals surface area contributed by atoms with Crippen molar-refractivity contribution in [1.29, 1.82) is 0 Å². The van der Waals surface area contributed by atoms with Gasteiger partial charge in [0, 0.05) is 11.4 Å². The molecule has 0 aliphatic carbocycles. The fourth-order valence-corrected chi connectivity index (χ4v) is 2.11. The fourth-order valence-electron chi connectivity index (χ4n) is 1.36. The molecule has 20 heavy (non-hydrogen) atoms. The maximum atomic E-state index is 11.7. The number of phenolic OH excluding ortho intramolecular Hbond substituents is 1. The molecule has 0 atom stereocenters. The summed E-state index contributed by atoms with van der Waals surface area (Å²) in [5.41, 5.74) is 0.267. The third-order valence-corrected chi connectivity index (χ3v) is 3.36. The van der Waals surface area contributed by atoms with E-state index in [1.165, 1.54) is 18.2 Å². The third-order valence-electron chi connectivity index (χ3n) is 2.31. The van der Waals surface area contributed by atoms with Crippen LogP contribution in [-0.2, 0) is 11.2 Å². The summed E-state index contributed by atoms with van der Waals surface area (Å²) < 4.78 is 5.27. The number of carbonyl (C=O) groups is 1. The molecule has 1 aromatic heterocycles. The van der Waals surface area contributed by atoms with Crippen molar-refractivity contribution >= 4 is 35.0 Å². The van der Waals surface area contributed by atoms with Gasteiger partial charge in [-0.2, -0.15) is 0 Å².